The molecule has 0 aromatic heterocycles. The van der Waals surface area contributed by atoms with Gasteiger partial charge in [-0.3, -0.25) is 0 Å². The van der Waals surface area contributed by atoms with Gasteiger partial charge in [0.15, 0.2) is 0 Å². The molecule has 0 spiro atoms. The van der Waals surface area contributed by atoms with Gasteiger partial charge in [0.2, 0.25) is 0 Å². The largest absolute Gasteiger partial charge is 2.00 e. The van der Waals surface area contributed by atoms with Gasteiger partial charge in [-0.2, -0.15) is 0 Å². The van der Waals surface area contributed by atoms with Crippen molar-refractivity contribution in [1.82, 2.24) is 0 Å². The van der Waals surface area contributed by atoms with Crippen molar-refractivity contribution < 1.29 is 122 Å². The first kappa shape index (κ1) is 151. The van der Waals surface area contributed by atoms with E-state index in [9.17, 15) is 0 Å². The van der Waals surface area contributed by atoms with Crippen LogP contribution in [0.4, 0.5) is 0 Å². The summed E-state index contributed by atoms with van der Waals surface area (Å²) >= 11 is 0. The summed E-state index contributed by atoms with van der Waals surface area (Å²) in [7, 11) is -9.28. The summed E-state index contributed by atoms with van der Waals surface area (Å²) in [4.78, 5) is 43.1. The van der Waals surface area contributed by atoms with Gasteiger partial charge in [0.25, 0.3) is 0 Å². The smallest absolute Gasteiger partial charge is 1.00 e. The van der Waals surface area contributed by atoms with Crippen molar-refractivity contribution in [2.24, 2.45) is 0 Å². The van der Waals surface area contributed by atoms with Crippen LogP contribution in [0.25, 0.3) is 0 Å². The normalized spacial score (nSPS) is 4.54. The Hall–Kier alpha value is 6.92. The van der Waals surface area contributed by atoms with Crippen molar-refractivity contribution in [2.45, 2.75) is 0 Å². The Bertz CT molecular complexity index is 196. The minimum Gasteiger partial charge on any atom is -1.00 e. The van der Waals surface area contributed by atoms with Gasteiger partial charge in [-0.05, 0) is 0 Å². The van der Waals surface area contributed by atoms with Crippen LogP contribution in [0.3, 0.4) is 0 Å². The summed E-state index contributed by atoms with van der Waals surface area (Å²) in [5, 5.41) is 0. The summed E-state index contributed by atoms with van der Waals surface area (Å²) in [5.74, 6) is 0. The SMILES string of the molecule is Cl.Cl.O.O.O.O.O.O.O=P(O)(O)O.O=P(O)(O)O.[H-].[H-].[H-].[H-].[H-].[H-].[H-].[H-].[H-].[H-].[H-].[H-].[H-].[H-].[H-].[Mg+2].[Mg+2].[Mg+2].[Mg+2].[Mg+2].[Mg+2].[Mg+2].[Na+]. The van der Waals surface area contributed by atoms with Crippen molar-refractivity contribution in [1.29, 1.82) is 0 Å². The molecular weight excluding hydrogens is 550 g/mol. The average molecular weight is 585 g/mol. The molecule has 0 heterocycles. The third-order valence-electron chi connectivity index (χ3n) is 0. The maximum atomic E-state index is 8.88. The van der Waals surface area contributed by atoms with Crippen LogP contribution in [0.1, 0.15) is 21.4 Å². The Morgan fingerprint density at radius 3 is 0.423 bits per heavy atom. The van der Waals surface area contributed by atoms with E-state index in [1.165, 1.54) is 0 Å². The Kier molecular flexibility index (Phi) is 494. The maximum absolute atomic E-state index is 8.88. The number of halogens is 2. The molecule has 14 nitrogen and oxygen atoms in total. The molecule has 0 aromatic carbocycles. The molecule has 0 aliphatic carbocycles. The van der Waals surface area contributed by atoms with Crippen molar-refractivity contribution >= 4 is 202 Å². The van der Waals surface area contributed by atoms with Gasteiger partial charge in [0, 0.05) is 0 Å². The van der Waals surface area contributed by atoms with Gasteiger partial charge in [-0.1, -0.05) is 0 Å². The summed E-state index contributed by atoms with van der Waals surface area (Å²) < 4.78 is 17.8. The quantitative estimate of drug-likeness (QED) is 0.117. The Labute approximate surface area is 319 Å². The molecule has 158 valence electrons. The molecular formula is H35Cl2Mg7NaO14P2. The van der Waals surface area contributed by atoms with Crippen LogP contribution in [0, 0.1) is 0 Å². The molecule has 0 saturated heterocycles. The summed E-state index contributed by atoms with van der Waals surface area (Å²) in [5.41, 5.74) is 0. The topological polar surface area (TPSA) is 345 Å². The second-order valence-corrected chi connectivity index (χ2v) is 3.08. The molecule has 0 unspecified atom stereocenters. The molecule has 0 aliphatic heterocycles. The van der Waals surface area contributed by atoms with Crippen molar-refractivity contribution in [3.05, 3.63) is 0 Å². The van der Waals surface area contributed by atoms with E-state index in [0.717, 1.165) is 0 Å². The summed E-state index contributed by atoms with van der Waals surface area (Å²) in [6.07, 6.45) is 0. The van der Waals surface area contributed by atoms with Gasteiger partial charge in [-0.15, -0.1) is 24.8 Å². The fourth-order valence-electron chi connectivity index (χ4n) is 0. The molecule has 26 heavy (non-hydrogen) atoms. The third kappa shape index (κ3) is 578. The Balaban J connectivity index is -0.000000000573. The second kappa shape index (κ2) is 85.2. The zero-order valence-electron chi connectivity index (χ0n) is 29.2. The first-order valence-electron chi connectivity index (χ1n) is 1.57. The third-order valence-corrected chi connectivity index (χ3v) is 0. The van der Waals surface area contributed by atoms with Crippen molar-refractivity contribution in [3.8, 4) is 0 Å². The van der Waals surface area contributed by atoms with Crippen molar-refractivity contribution in [3.63, 3.8) is 0 Å². The molecule has 0 bridgehead atoms. The van der Waals surface area contributed by atoms with Gasteiger partial charge in [-0.25, -0.2) is 9.13 Å². The molecule has 0 atom stereocenters. The average Bonchev–Trinajstić information content (AvgIpc) is 1.12. The molecule has 18 N–H and O–H groups in total. The number of phosphoric acid groups is 2. The van der Waals surface area contributed by atoms with Gasteiger partial charge < -0.3 is 83.6 Å². The molecule has 0 fully saturated rings. The van der Waals surface area contributed by atoms with Crippen LogP contribution in [-0.2, 0) is 9.13 Å². The number of rotatable bonds is 0. The van der Waals surface area contributed by atoms with E-state index in [2.05, 4.69) is 0 Å². The second-order valence-electron chi connectivity index (χ2n) is 1.03. The Morgan fingerprint density at radius 1 is 0.423 bits per heavy atom. The fourth-order valence-corrected chi connectivity index (χ4v) is 0. The van der Waals surface area contributed by atoms with Crippen LogP contribution >= 0.6 is 40.5 Å². The van der Waals surface area contributed by atoms with Crippen LogP contribution in [0.15, 0.2) is 0 Å². The molecule has 0 rings (SSSR count). The van der Waals surface area contributed by atoms with E-state index < -0.39 is 15.6 Å². The minimum absolute atomic E-state index is 0. The summed E-state index contributed by atoms with van der Waals surface area (Å²) in [6.45, 7) is 0. The standard InChI is InChI=1S/2ClH.7Mg.Na.2H3O4P.6H2O.15H/c;;;;;;;;;;2*1-5(2,3)4;;;;;;;;;;;;;;;;;;;;;/h2*1H;;;;;;;;;2*(H3,1,2,3,4);6*1H2;;;;;;;;;;;;;;;/q;;7*+2;+1;;;;;;;;;15*-1. The number of hydrogen-bond donors (Lipinski definition) is 6. The zero-order chi connectivity index (χ0) is 9.00. The molecule has 0 aromatic rings. The fraction of sp³-hybridized carbons (Fsp3) is 0. The predicted octanol–water partition coefficient (Wildman–Crippen LogP) is -9.94. The van der Waals surface area contributed by atoms with Crippen molar-refractivity contribution in [2.75, 3.05) is 0 Å². The summed E-state index contributed by atoms with van der Waals surface area (Å²) in [6, 6.07) is 0. The molecule has 0 amide bonds. The van der Waals surface area contributed by atoms with E-state index in [1.807, 2.05) is 0 Å². The van der Waals surface area contributed by atoms with Crippen LogP contribution in [0.5, 0.6) is 0 Å². The molecule has 26 heteroatoms. The van der Waals surface area contributed by atoms with E-state index in [0.29, 0.717) is 0 Å². The van der Waals surface area contributed by atoms with E-state index in [1.54, 1.807) is 0 Å². The van der Waals surface area contributed by atoms with Gasteiger partial charge in [0.05, 0.1) is 0 Å². The monoisotopic (exact) mass is 582 g/mol. The molecule has 0 aliphatic rings. The molecule has 0 saturated carbocycles. The Morgan fingerprint density at radius 2 is 0.423 bits per heavy atom. The minimum atomic E-state index is -4.64. The predicted molar refractivity (Wildman–Crippen MR) is 122 cm³/mol. The first-order chi connectivity index (χ1) is 4.00. The van der Waals surface area contributed by atoms with Gasteiger partial charge in [0.1, 0.15) is 0 Å². The van der Waals surface area contributed by atoms with E-state index in [4.69, 9.17) is 38.5 Å². The van der Waals surface area contributed by atoms with Gasteiger partial charge >= 0.3 is 207 Å². The maximum Gasteiger partial charge on any atom is 2.00 e. The zero-order valence-corrected chi connectivity index (χ0v) is 29.5. The van der Waals surface area contributed by atoms with E-state index >= 15 is 0 Å². The first-order valence-corrected chi connectivity index (χ1v) is 4.70. The number of hydrogen-bond acceptors (Lipinski definition) is 2. The molecule has 0 radical (unpaired) electrons. The van der Waals surface area contributed by atoms with Crippen LogP contribution in [0.2, 0.25) is 0 Å². The van der Waals surface area contributed by atoms with Crippen LogP contribution < -0.4 is 29.6 Å². The van der Waals surface area contributed by atoms with E-state index in [-0.39, 0.29) is 270 Å². The van der Waals surface area contributed by atoms with Crippen LogP contribution in [-0.4, -0.2) is 224 Å².